The van der Waals surface area contributed by atoms with Gasteiger partial charge in [0.05, 0.1) is 0 Å². The average Bonchev–Trinajstić information content (AvgIpc) is 2.65. The van der Waals surface area contributed by atoms with E-state index in [4.69, 9.17) is 9.84 Å². The van der Waals surface area contributed by atoms with Crippen LogP contribution in [0.1, 0.15) is 29.6 Å². The van der Waals surface area contributed by atoms with Gasteiger partial charge in [-0.1, -0.05) is 0 Å². The van der Waals surface area contributed by atoms with Gasteiger partial charge in [-0.05, 0) is 37.1 Å². The first-order valence-electron chi connectivity index (χ1n) is 6.39. The fourth-order valence-electron chi connectivity index (χ4n) is 2.19. The van der Waals surface area contributed by atoms with E-state index in [-0.39, 0.29) is 6.10 Å². The lowest BCUT2D eigenvalue weighted by Gasteiger charge is -2.18. The Kier molecular flexibility index (Phi) is 4.39. The lowest BCUT2D eigenvalue weighted by molar-refractivity contribution is 0.112. The van der Waals surface area contributed by atoms with Gasteiger partial charge in [0, 0.05) is 25.1 Å². The molecule has 2 rings (SSSR count). The largest absolute Gasteiger partial charge is 0.490 e. The molecule has 5 heteroatoms. The molecule has 19 heavy (non-hydrogen) atoms. The number of aldehydes is 1. The number of benzene rings is 1. The molecule has 1 aromatic rings. The number of nitrogens with zero attached hydrogens (tertiary/aromatic N) is 1. The van der Waals surface area contributed by atoms with Gasteiger partial charge < -0.3 is 14.7 Å². The average molecular weight is 263 g/mol. The number of likely N-dealkylation sites (tertiary alicyclic amines) is 1. The highest BCUT2D eigenvalue weighted by atomic mass is 16.5. The summed E-state index contributed by atoms with van der Waals surface area (Å²) in [5.74, 6) is 0.722. The molecule has 1 aliphatic rings. The molecule has 0 saturated carbocycles. The molecule has 0 radical (unpaired) electrons. The quantitative estimate of drug-likeness (QED) is 0.850. The third kappa shape index (κ3) is 3.71. The second-order valence-electron chi connectivity index (χ2n) is 4.63. The van der Waals surface area contributed by atoms with E-state index in [1.165, 1.54) is 4.90 Å². The minimum Gasteiger partial charge on any atom is -0.490 e. The van der Waals surface area contributed by atoms with Gasteiger partial charge in [0.2, 0.25) is 0 Å². The Labute approximate surface area is 111 Å². The summed E-state index contributed by atoms with van der Waals surface area (Å²) in [5.41, 5.74) is 0.616. The van der Waals surface area contributed by atoms with Crippen LogP contribution in [0, 0.1) is 0 Å². The lowest BCUT2D eigenvalue weighted by atomic mass is 10.1. The molecule has 1 N–H and O–H groups in total. The van der Waals surface area contributed by atoms with Crippen molar-refractivity contribution in [3.05, 3.63) is 29.8 Å². The first-order chi connectivity index (χ1) is 9.19. The van der Waals surface area contributed by atoms with Crippen molar-refractivity contribution in [2.45, 2.75) is 25.4 Å². The highest BCUT2D eigenvalue weighted by Gasteiger charge is 2.20. The molecule has 1 aliphatic heterocycles. The van der Waals surface area contributed by atoms with Crippen molar-refractivity contribution >= 4 is 12.4 Å². The molecule has 0 aliphatic carbocycles. The Morgan fingerprint density at radius 2 is 2.00 bits per heavy atom. The van der Waals surface area contributed by atoms with Crippen LogP contribution in [0.4, 0.5) is 4.79 Å². The first kappa shape index (κ1) is 13.4. The van der Waals surface area contributed by atoms with E-state index in [1.54, 1.807) is 24.3 Å². The van der Waals surface area contributed by atoms with Crippen LogP contribution in [0.3, 0.4) is 0 Å². The van der Waals surface area contributed by atoms with Crippen LogP contribution in [-0.4, -0.2) is 41.6 Å². The summed E-state index contributed by atoms with van der Waals surface area (Å²) >= 11 is 0. The predicted molar refractivity (Wildman–Crippen MR) is 69.7 cm³/mol. The van der Waals surface area contributed by atoms with E-state index in [9.17, 15) is 9.59 Å². The number of rotatable bonds is 3. The first-order valence-corrected chi connectivity index (χ1v) is 6.39. The third-order valence-corrected chi connectivity index (χ3v) is 3.26. The lowest BCUT2D eigenvalue weighted by Crippen LogP contribution is -2.30. The molecule has 1 aromatic carbocycles. The molecule has 1 atom stereocenters. The summed E-state index contributed by atoms with van der Waals surface area (Å²) in [6, 6.07) is 6.96. The highest BCUT2D eigenvalue weighted by molar-refractivity contribution is 5.74. The van der Waals surface area contributed by atoms with Gasteiger partial charge in [0.15, 0.2) is 0 Å². The fraction of sp³-hybridized carbons (Fsp3) is 0.429. The van der Waals surface area contributed by atoms with Crippen molar-refractivity contribution in [2.75, 3.05) is 13.1 Å². The molecular formula is C14H17NO4. The second kappa shape index (κ2) is 6.22. The van der Waals surface area contributed by atoms with Gasteiger partial charge in [-0.2, -0.15) is 0 Å². The number of amides is 1. The maximum absolute atomic E-state index is 10.9. The molecule has 1 fully saturated rings. The Balaban J connectivity index is 1.91. The standard InChI is InChI=1S/C14H17NO4/c16-10-11-3-5-13(6-4-11)19-12-2-1-8-15(9-7-12)14(17)18/h3-6,10,12H,1-2,7-9H2,(H,17,18). The molecule has 102 valence electrons. The normalized spacial score (nSPS) is 19.6. The molecule has 1 unspecified atom stereocenters. The van der Waals surface area contributed by atoms with Gasteiger partial charge in [-0.15, -0.1) is 0 Å². The van der Waals surface area contributed by atoms with Crippen LogP contribution in [0.2, 0.25) is 0 Å². The van der Waals surface area contributed by atoms with E-state index in [0.29, 0.717) is 25.1 Å². The summed E-state index contributed by atoms with van der Waals surface area (Å²) in [4.78, 5) is 22.9. The summed E-state index contributed by atoms with van der Waals surface area (Å²) in [7, 11) is 0. The summed E-state index contributed by atoms with van der Waals surface area (Å²) in [6.45, 7) is 1.08. The van der Waals surface area contributed by atoms with Gasteiger partial charge in [0.25, 0.3) is 0 Å². The van der Waals surface area contributed by atoms with Gasteiger partial charge in [0.1, 0.15) is 18.1 Å². The van der Waals surface area contributed by atoms with Crippen LogP contribution in [-0.2, 0) is 0 Å². The topological polar surface area (TPSA) is 66.8 Å². The Morgan fingerprint density at radius 3 is 2.63 bits per heavy atom. The van der Waals surface area contributed by atoms with E-state index in [1.807, 2.05) is 0 Å². The van der Waals surface area contributed by atoms with Crippen LogP contribution in [0.25, 0.3) is 0 Å². The molecule has 0 bridgehead atoms. The van der Waals surface area contributed by atoms with Crippen molar-refractivity contribution < 1.29 is 19.4 Å². The molecular weight excluding hydrogens is 246 g/mol. The molecule has 1 heterocycles. The number of carbonyl (C=O) groups excluding carboxylic acids is 1. The maximum atomic E-state index is 10.9. The minimum atomic E-state index is -0.865. The van der Waals surface area contributed by atoms with Gasteiger partial charge in [-0.25, -0.2) is 4.79 Å². The molecule has 1 saturated heterocycles. The minimum absolute atomic E-state index is 0.0337. The molecule has 0 spiro atoms. The Morgan fingerprint density at radius 1 is 1.26 bits per heavy atom. The zero-order valence-electron chi connectivity index (χ0n) is 10.6. The number of hydrogen-bond donors (Lipinski definition) is 1. The molecule has 1 amide bonds. The van der Waals surface area contributed by atoms with Crippen molar-refractivity contribution in [2.24, 2.45) is 0 Å². The monoisotopic (exact) mass is 263 g/mol. The summed E-state index contributed by atoms with van der Waals surface area (Å²) in [6.07, 6.45) is 2.31. The number of hydrogen-bond acceptors (Lipinski definition) is 3. The van der Waals surface area contributed by atoms with Crippen LogP contribution < -0.4 is 4.74 Å². The zero-order valence-corrected chi connectivity index (χ0v) is 10.6. The maximum Gasteiger partial charge on any atom is 0.407 e. The fourth-order valence-corrected chi connectivity index (χ4v) is 2.19. The molecule has 5 nitrogen and oxygen atoms in total. The van der Waals surface area contributed by atoms with Crippen LogP contribution in [0.15, 0.2) is 24.3 Å². The zero-order chi connectivity index (χ0) is 13.7. The molecule has 0 aromatic heterocycles. The SMILES string of the molecule is O=Cc1ccc(OC2CCCN(C(=O)O)CC2)cc1. The third-order valence-electron chi connectivity index (χ3n) is 3.26. The number of carboxylic acid groups (broad SMARTS) is 1. The number of carbonyl (C=O) groups is 2. The highest BCUT2D eigenvalue weighted by Crippen LogP contribution is 2.19. The van der Waals surface area contributed by atoms with Crippen LogP contribution >= 0.6 is 0 Å². The second-order valence-corrected chi connectivity index (χ2v) is 4.63. The Bertz CT molecular complexity index is 443. The van der Waals surface area contributed by atoms with Gasteiger partial charge in [-0.3, -0.25) is 4.79 Å². The van der Waals surface area contributed by atoms with Crippen molar-refractivity contribution in [3.8, 4) is 5.75 Å². The summed E-state index contributed by atoms with van der Waals surface area (Å²) in [5, 5.41) is 8.95. The van der Waals surface area contributed by atoms with Crippen molar-refractivity contribution in [3.63, 3.8) is 0 Å². The van der Waals surface area contributed by atoms with Crippen molar-refractivity contribution in [1.82, 2.24) is 4.90 Å². The van der Waals surface area contributed by atoms with Gasteiger partial charge >= 0.3 is 6.09 Å². The predicted octanol–water partition coefficient (Wildman–Crippen LogP) is 2.41. The Hall–Kier alpha value is -2.04. The van der Waals surface area contributed by atoms with Crippen molar-refractivity contribution in [1.29, 1.82) is 0 Å². The van der Waals surface area contributed by atoms with E-state index in [2.05, 4.69) is 0 Å². The van der Waals surface area contributed by atoms with E-state index < -0.39 is 6.09 Å². The van der Waals surface area contributed by atoms with E-state index >= 15 is 0 Å². The van der Waals surface area contributed by atoms with E-state index in [0.717, 1.165) is 24.9 Å². The smallest absolute Gasteiger partial charge is 0.407 e. The van der Waals surface area contributed by atoms with Crippen LogP contribution in [0.5, 0.6) is 5.75 Å². The summed E-state index contributed by atoms with van der Waals surface area (Å²) < 4.78 is 5.83. The number of ether oxygens (including phenoxy) is 1.